The van der Waals surface area contributed by atoms with E-state index in [2.05, 4.69) is 39.4 Å². The predicted octanol–water partition coefficient (Wildman–Crippen LogP) is 2.72. The fraction of sp³-hybridized carbons (Fsp3) is 0.556. The van der Waals surface area contributed by atoms with Crippen LogP contribution in [0.25, 0.3) is 0 Å². The maximum absolute atomic E-state index is 9.86. The summed E-state index contributed by atoms with van der Waals surface area (Å²) in [7, 11) is 0. The predicted molar refractivity (Wildman–Crippen MR) is 85.6 cm³/mol. The first kappa shape index (κ1) is 14.8. The lowest BCUT2D eigenvalue weighted by atomic mass is 10.1. The number of aromatic nitrogens is 2. The van der Waals surface area contributed by atoms with Crippen molar-refractivity contribution in [2.75, 3.05) is 6.61 Å². The van der Waals surface area contributed by atoms with Crippen LogP contribution in [0.5, 0.6) is 0 Å². The molecule has 2 aromatic rings. The molecule has 0 saturated heterocycles. The summed E-state index contributed by atoms with van der Waals surface area (Å²) in [5.41, 5.74) is 1.24. The van der Waals surface area contributed by atoms with E-state index in [0.29, 0.717) is 24.3 Å². The Morgan fingerprint density at radius 2 is 1.87 bits per heavy atom. The molecule has 2 saturated carbocycles. The van der Waals surface area contributed by atoms with Crippen LogP contribution < -0.4 is 0 Å². The van der Waals surface area contributed by atoms with Gasteiger partial charge in [0, 0.05) is 18.5 Å². The molecule has 1 unspecified atom stereocenters. The third kappa shape index (κ3) is 3.62. The van der Waals surface area contributed by atoms with Crippen LogP contribution in [0.3, 0.4) is 0 Å². The van der Waals surface area contributed by atoms with Gasteiger partial charge in [0.05, 0.1) is 13.2 Å². The van der Waals surface area contributed by atoms with Crippen molar-refractivity contribution in [2.24, 2.45) is 5.92 Å². The summed E-state index contributed by atoms with van der Waals surface area (Å²) in [6.45, 7) is 1.58. The zero-order valence-electron chi connectivity index (χ0n) is 13.3. The molecule has 1 aromatic heterocycles. The van der Waals surface area contributed by atoms with Gasteiger partial charge in [-0.25, -0.2) is 0 Å². The topological polar surface area (TPSA) is 62.4 Å². The average molecular weight is 313 g/mol. The van der Waals surface area contributed by atoms with Gasteiger partial charge in [-0.05, 0) is 37.2 Å². The Morgan fingerprint density at radius 1 is 1.09 bits per heavy atom. The number of rotatable bonds is 8. The Kier molecular flexibility index (Phi) is 4.14. The molecule has 2 aliphatic carbocycles. The SMILES string of the molecule is OCC(C1CC1)N(Cc1ccccc1)Cc1nnc(C2CC2)o1. The molecule has 1 heterocycles. The van der Waals surface area contributed by atoms with Crippen LogP contribution in [-0.4, -0.2) is 32.9 Å². The monoisotopic (exact) mass is 313 g/mol. The minimum Gasteiger partial charge on any atom is -0.424 e. The van der Waals surface area contributed by atoms with E-state index in [1.165, 1.54) is 18.4 Å². The Hall–Kier alpha value is -1.72. The molecule has 1 atom stereocenters. The number of hydrogen-bond donors (Lipinski definition) is 1. The van der Waals surface area contributed by atoms with Crippen LogP contribution in [0.15, 0.2) is 34.7 Å². The van der Waals surface area contributed by atoms with Crippen LogP contribution >= 0.6 is 0 Å². The lowest BCUT2D eigenvalue weighted by molar-refractivity contribution is 0.0862. The summed E-state index contributed by atoms with van der Waals surface area (Å²) in [5, 5.41) is 18.3. The van der Waals surface area contributed by atoms with Gasteiger partial charge in [-0.2, -0.15) is 0 Å². The smallest absolute Gasteiger partial charge is 0.230 e. The van der Waals surface area contributed by atoms with Gasteiger partial charge in [-0.3, -0.25) is 4.90 Å². The fourth-order valence-corrected chi connectivity index (χ4v) is 3.15. The minimum absolute atomic E-state index is 0.173. The van der Waals surface area contributed by atoms with Crippen LogP contribution in [0, 0.1) is 5.92 Å². The second kappa shape index (κ2) is 6.42. The molecule has 0 radical (unpaired) electrons. The quantitative estimate of drug-likeness (QED) is 0.812. The van der Waals surface area contributed by atoms with E-state index in [9.17, 15) is 5.11 Å². The second-order valence-corrected chi connectivity index (χ2v) is 6.79. The Bertz CT molecular complexity index is 635. The molecule has 5 heteroatoms. The van der Waals surface area contributed by atoms with Crippen LogP contribution in [0.1, 0.15) is 48.9 Å². The van der Waals surface area contributed by atoms with Gasteiger partial charge in [0.25, 0.3) is 0 Å². The summed E-state index contributed by atoms with van der Waals surface area (Å²) in [5.74, 6) is 2.53. The van der Waals surface area contributed by atoms with Gasteiger partial charge in [0.1, 0.15) is 0 Å². The molecular formula is C18H23N3O2. The lowest BCUT2D eigenvalue weighted by Crippen LogP contribution is -2.38. The Morgan fingerprint density at radius 3 is 2.52 bits per heavy atom. The molecule has 2 aliphatic rings. The summed E-state index contributed by atoms with van der Waals surface area (Å²) in [4.78, 5) is 2.29. The molecule has 23 heavy (non-hydrogen) atoms. The van der Waals surface area contributed by atoms with Crippen LogP contribution in [0.2, 0.25) is 0 Å². The van der Waals surface area contributed by atoms with Crippen molar-refractivity contribution in [3.63, 3.8) is 0 Å². The summed E-state index contributed by atoms with van der Waals surface area (Å²) < 4.78 is 5.83. The second-order valence-electron chi connectivity index (χ2n) is 6.79. The summed E-state index contributed by atoms with van der Waals surface area (Å²) in [6, 6.07) is 10.5. The van der Waals surface area contributed by atoms with Gasteiger partial charge < -0.3 is 9.52 Å². The van der Waals surface area contributed by atoms with Gasteiger partial charge >= 0.3 is 0 Å². The fourth-order valence-electron chi connectivity index (χ4n) is 3.15. The lowest BCUT2D eigenvalue weighted by Gasteiger charge is -2.29. The minimum atomic E-state index is 0.173. The average Bonchev–Trinajstić information content (AvgIpc) is 3.49. The van der Waals surface area contributed by atoms with Crippen molar-refractivity contribution >= 4 is 0 Å². The highest BCUT2D eigenvalue weighted by atomic mass is 16.4. The molecule has 4 rings (SSSR count). The molecule has 0 amide bonds. The van der Waals surface area contributed by atoms with E-state index in [4.69, 9.17) is 4.42 Å². The molecule has 0 bridgehead atoms. The van der Waals surface area contributed by atoms with E-state index < -0.39 is 0 Å². The molecule has 122 valence electrons. The maximum Gasteiger partial charge on any atom is 0.230 e. The summed E-state index contributed by atoms with van der Waals surface area (Å²) in [6.07, 6.45) is 4.73. The maximum atomic E-state index is 9.86. The normalized spacial score (nSPS) is 19.2. The van der Waals surface area contributed by atoms with E-state index in [1.54, 1.807) is 0 Å². The molecular weight excluding hydrogens is 290 g/mol. The summed E-state index contributed by atoms with van der Waals surface area (Å²) >= 11 is 0. The van der Waals surface area contributed by atoms with Gasteiger partial charge in [0.2, 0.25) is 11.8 Å². The number of aliphatic hydroxyl groups excluding tert-OH is 1. The van der Waals surface area contributed by atoms with Gasteiger partial charge in [-0.15, -0.1) is 10.2 Å². The highest BCUT2D eigenvalue weighted by Crippen LogP contribution is 2.39. The van der Waals surface area contributed by atoms with Crippen molar-refractivity contribution in [1.82, 2.24) is 15.1 Å². The highest BCUT2D eigenvalue weighted by molar-refractivity contribution is 5.15. The van der Waals surface area contributed by atoms with Crippen molar-refractivity contribution in [1.29, 1.82) is 0 Å². The zero-order chi connectivity index (χ0) is 15.6. The number of nitrogens with zero attached hydrogens (tertiary/aromatic N) is 3. The molecule has 1 aromatic carbocycles. The third-order valence-corrected chi connectivity index (χ3v) is 4.80. The van der Waals surface area contributed by atoms with Gasteiger partial charge in [-0.1, -0.05) is 30.3 Å². The van der Waals surface area contributed by atoms with E-state index in [0.717, 1.165) is 25.3 Å². The van der Waals surface area contributed by atoms with E-state index >= 15 is 0 Å². The first-order chi connectivity index (χ1) is 11.3. The largest absolute Gasteiger partial charge is 0.424 e. The number of benzene rings is 1. The number of aliphatic hydroxyl groups is 1. The first-order valence-corrected chi connectivity index (χ1v) is 8.54. The standard InChI is InChI=1S/C18H23N3O2/c22-12-16(14-6-7-14)21(10-13-4-2-1-3-5-13)11-17-19-20-18(23-17)15-8-9-15/h1-5,14-16,22H,6-12H2. The van der Waals surface area contributed by atoms with E-state index in [-0.39, 0.29) is 12.6 Å². The highest BCUT2D eigenvalue weighted by Gasteiger charge is 2.36. The Labute approximate surface area is 136 Å². The van der Waals surface area contributed by atoms with Crippen LogP contribution in [0.4, 0.5) is 0 Å². The molecule has 2 fully saturated rings. The first-order valence-electron chi connectivity index (χ1n) is 8.54. The van der Waals surface area contributed by atoms with E-state index in [1.807, 2.05) is 6.07 Å². The van der Waals surface area contributed by atoms with Crippen molar-refractivity contribution < 1.29 is 9.52 Å². The zero-order valence-corrected chi connectivity index (χ0v) is 13.3. The molecule has 5 nitrogen and oxygen atoms in total. The van der Waals surface area contributed by atoms with Crippen molar-refractivity contribution in [3.05, 3.63) is 47.7 Å². The molecule has 0 aliphatic heterocycles. The van der Waals surface area contributed by atoms with Crippen molar-refractivity contribution in [3.8, 4) is 0 Å². The Balaban J connectivity index is 1.50. The number of hydrogen-bond acceptors (Lipinski definition) is 5. The van der Waals surface area contributed by atoms with Crippen LogP contribution in [-0.2, 0) is 13.1 Å². The molecule has 1 N–H and O–H groups in total. The van der Waals surface area contributed by atoms with Crippen molar-refractivity contribution in [2.45, 2.75) is 50.7 Å². The van der Waals surface area contributed by atoms with Gasteiger partial charge in [0.15, 0.2) is 0 Å². The third-order valence-electron chi connectivity index (χ3n) is 4.80. The molecule has 0 spiro atoms.